The molecule has 0 saturated carbocycles. The molecule has 6 nitrogen and oxygen atoms in total. The van der Waals surface area contributed by atoms with Crippen LogP contribution in [0.4, 0.5) is 4.79 Å². The number of morpholine rings is 1. The van der Waals surface area contributed by atoms with Gasteiger partial charge in [0.1, 0.15) is 0 Å². The molecule has 2 rings (SSSR count). The second kappa shape index (κ2) is 8.29. The van der Waals surface area contributed by atoms with Crippen LogP contribution in [-0.2, 0) is 9.53 Å². The number of carbonyl (C=O) groups excluding carboxylic acids is 2. The monoisotopic (exact) mass is 339 g/mol. The minimum absolute atomic E-state index is 0.183. The van der Waals surface area contributed by atoms with Gasteiger partial charge in [-0.1, -0.05) is 29.8 Å². The van der Waals surface area contributed by atoms with Gasteiger partial charge in [-0.05, 0) is 19.9 Å². The second-order valence-corrected chi connectivity index (χ2v) is 5.81. The van der Waals surface area contributed by atoms with E-state index in [0.717, 1.165) is 5.56 Å². The number of rotatable bonds is 4. The van der Waals surface area contributed by atoms with Gasteiger partial charge in [-0.3, -0.25) is 15.0 Å². The molecular formula is C16H22ClN3O3. The molecule has 1 heterocycles. The molecule has 1 fully saturated rings. The summed E-state index contributed by atoms with van der Waals surface area (Å²) in [6.45, 7) is 5.74. The third-order valence-corrected chi connectivity index (χ3v) is 4.20. The van der Waals surface area contributed by atoms with Gasteiger partial charge in [0, 0.05) is 30.2 Å². The molecule has 1 saturated heterocycles. The number of urea groups is 1. The van der Waals surface area contributed by atoms with Crippen molar-refractivity contribution in [2.24, 2.45) is 0 Å². The van der Waals surface area contributed by atoms with Crippen LogP contribution in [0, 0.1) is 0 Å². The molecule has 1 aliphatic heterocycles. The molecule has 0 spiro atoms. The summed E-state index contributed by atoms with van der Waals surface area (Å²) in [4.78, 5) is 25.6. The van der Waals surface area contributed by atoms with E-state index in [9.17, 15) is 9.59 Å². The second-order valence-electron chi connectivity index (χ2n) is 5.40. The summed E-state index contributed by atoms with van der Waals surface area (Å²) in [6, 6.07) is 6.64. The summed E-state index contributed by atoms with van der Waals surface area (Å²) < 4.78 is 5.79. The van der Waals surface area contributed by atoms with E-state index in [2.05, 4.69) is 10.6 Å². The number of nitrogens with one attached hydrogen (secondary N) is 2. The van der Waals surface area contributed by atoms with Crippen LogP contribution in [0.25, 0.3) is 0 Å². The SMILES string of the molecule is CCNC(=O)NC(=O)[C@H](C)N1CCO[C@H](c2ccccc2Cl)C1. The van der Waals surface area contributed by atoms with Crippen LogP contribution in [0.15, 0.2) is 24.3 Å². The molecule has 2 atom stereocenters. The molecular weight excluding hydrogens is 318 g/mol. The average Bonchev–Trinajstić information content (AvgIpc) is 2.55. The van der Waals surface area contributed by atoms with Crippen molar-refractivity contribution in [2.45, 2.75) is 26.0 Å². The average molecular weight is 340 g/mol. The maximum atomic E-state index is 12.2. The Morgan fingerprint density at radius 3 is 2.87 bits per heavy atom. The third kappa shape index (κ3) is 4.67. The van der Waals surface area contributed by atoms with E-state index in [-0.39, 0.29) is 12.0 Å². The highest BCUT2D eigenvalue weighted by molar-refractivity contribution is 6.31. The van der Waals surface area contributed by atoms with Gasteiger partial charge in [-0.2, -0.15) is 0 Å². The van der Waals surface area contributed by atoms with E-state index in [0.29, 0.717) is 31.3 Å². The standard InChI is InChI=1S/C16H22ClN3O3/c1-3-18-16(22)19-15(21)11(2)20-8-9-23-14(10-20)12-6-4-5-7-13(12)17/h4-7,11,14H,3,8-10H2,1-2H3,(H2,18,19,21,22)/t11-,14-/m0/s1. The first-order valence-corrected chi connectivity index (χ1v) is 8.09. The maximum absolute atomic E-state index is 12.2. The highest BCUT2D eigenvalue weighted by Gasteiger charge is 2.30. The summed E-state index contributed by atoms with van der Waals surface area (Å²) >= 11 is 6.22. The van der Waals surface area contributed by atoms with Crippen LogP contribution in [0.2, 0.25) is 5.02 Å². The Morgan fingerprint density at radius 1 is 1.43 bits per heavy atom. The summed E-state index contributed by atoms with van der Waals surface area (Å²) in [5.74, 6) is -0.323. The van der Waals surface area contributed by atoms with Crippen LogP contribution < -0.4 is 10.6 Å². The largest absolute Gasteiger partial charge is 0.371 e. The molecule has 2 N–H and O–H groups in total. The van der Waals surface area contributed by atoms with Crippen molar-refractivity contribution >= 4 is 23.5 Å². The van der Waals surface area contributed by atoms with Gasteiger partial charge in [0.15, 0.2) is 0 Å². The molecule has 126 valence electrons. The van der Waals surface area contributed by atoms with Crippen molar-refractivity contribution in [3.63, 3.8) is 0 Å². The third-order valence-electron chi connectivity index (χ3n) is 3.85. The van der Waals surface area contributed by atoms with Gasteiger partial charge in [0.05, 0.1) is 18.8 Å². The molecule has 0 aliphatic carbocycles. The zero-order chi connectivity index (χ0) is 16.8. The molecule has 0 unspecified atom stereocenters. The van der Waals surface area contributed by atoms with E-state index in [1.54, 1.807) is 13.8 Å². The molecule has 23 heavy (non-hydrogen) atoms. The summed E-state index contributed by atoms with van der Waals surface area (Å²) in [6.07, 6.45) is -0.183. The van der Waals surface area contributed by atoms with Gasteiger partial charge >= 0.3 is 6.03 Å². The highest BCUT2D eigenvalue weighted by Crippen LogP contribution is 2.28. The summed E-state index contributed by atoms with van der Waals surface area (Å²) in [7, 11) is 0. The zero-order valence-corrected chi connectivity index (χ0v) is 14.1. The van der Waals surface area contributed by atoms with Crippen LogP contribution in [0.5, 0.6) is 0 Å². The molecule has 0 radical (unpaired) electrons. The van der Waals surface area contributed by atoms with E-state index in [1.165, 1.54) is 0 Å². The quantitative estimate of drug-likeness (QED) is 0.879. The normalized spacial score (nSPS) is 19.9. The number of imide groups is 1. The number of hydrogen-bond acceptors (Lipinski definition) is 4. The fraction of sp³-hybridized carbons (Fsp3) is 0.500. The van der Waals surface area contributed by atoms with Crippen molar-refractivity contribution in [2.75, 3.05) is 26.2 Å². The van der Waals surface area contributed by atoms with Crippen LogP contribution in [0.1, 0.15) is 25.5 Å². The molecule has 3 amide bonds. The Bertz CT molecular complexity index is 567. The van der Waals surface area contributed by atoms with Crippen LogP contribution >= 0.6 is 11.6 Å². The van der Waals surface area contributed by atoms with Crippen molar-refractivity contribution < 1.29 is 14.3 Å². The van der Waals surface area contributed by atoms with E-state index in [1.807, 2.05) is 29.2 Å². The van der Waals surface area contributed by atoms with Crippen LogP contribution in [0.3, 0.4) is 0 Å². The maximum Gasteiger partial charge on any atom is 0.321 e. The molecule has 1 aromatic rings. The van der Waals surface area contributed by atoms with Gasteiger partial charge in [0.25, 0.3) is 0 Å². The lowest BCUT2D eigenvalue weighted by Crippen LogP contribution is -2.52. The molecule has 1 aliphatic rings. The van der Waals surface area contributed by atoms with E-state index in [4.69, 9.17) is 16.3 Å². The number of halogens is 1. The topological polar surface area (TPSA) is 70.7 Å². The number of nitrogens with zero attached hydrogens (tertiary/aromatic N) is 1. The summed E-state index contributed by atoms with van der Waals surface area (Å²) in [5.41, 5.74) is 0.912. The molecule has 0 bridgehead atoms. The first kappa shape index (κ1) is 17.7. The fourth-order valence-corrected chi connectivity index (χ4v) is 2.79. The smallest absolute Gasteiger partial charge is 0.321 e. The number of amides is 3. The molecule has 7 heteroatoms. The molecule has 0 aromatic heterocycles. The number of hydrogen-bond donors (Lipinski definition) is 2. The summed E-state index contributed by atoms with van der Waals surface area (Å²) in [5, 5.41) is 5.54. The Morgan fingerprint density at radius 2 is 2.17 bits per heavy atom. The number of ether oxygens (including phenoxy) is 1. The predicted molar refractivity (Wildman–Crippen MR) is 88.4 cm³/mol. The lowest BCUT2D eigenvalue weighted by molar-refractivity contribution is -0.128. The van der Waals surface area contributed by atoms with Gasteiger partial charge in [-0.25, -0.2) is 4.79 Å². The Hall–Kier alpha value is -1.63. The molecule has 1 aromatic carbocycles. The lowest BCUT2D eigenvalue weighted by Gasteiger charge is -2.36. The zero-order valence-electron chi connectivity index (χ0n) is 13.3. The predicted octanol–water partition coefficient (Wildman–Crippen LogP) is 1.95. The lowest BCUT2D eigenvalue weighted by atomic mass is 10.1. The number of benzene rings is 1. The van der Waals surface area contributed by atoms with Gasteiger partial charge < -0.3 is 10.1 Å². The van der Waals surface area contributed by atoms with Crippen molar-refractivity contribution in [1.29, 1.82) is 0 Å². The van der Waals surface area contributed by atoms with Gasteiger partial charge in [-0.15, -0.1) is 0 Å². The van der Waals surface area contributed by atoms with Gasteiger partial charge in [0.2, 0.25) is 5.91 Å². The van der Waals surface area contributed by atoms with Crippen molar-refractivity contribution in [3.05, 3.63) is 34.9 Å². The van der Waals surface area contributed by atoms with E-state index < -0.39 is 12.1 Å². The Labute approximate surface area is 141 Å². The minimum atomic E-state index is -0.472. The minimum Gasteiger partial charge on any atom is -0.371 e. The van der Waals surface area contributed by atoms with E-state index >= 15 is 0 Å². The first-order chi connectivity index (χ1) is 11.0. The fourth-order valence-electron chi connectivity index (χ4n) is 2.53. The Balaban J connectivity index is 1.99. The Kier molecular flexibility index (Phi) is 6.38. The van der Waals surface area contributed by atoms with Crippen molar-refractivity contribution in [1.82, 2.24) is 15.5 Å². The van der Waals surface area contributed by atoms with Crippen molar-refractivity contribution in [3.8, 4) is 0 Å². The highest BCUT2D eigenvalue weighted by atomic mass is 35.5. The first-order valence-electron chi connectivity index (χ1n) is 7.71. The number of carbonyl (C=O) groups is 2. The van der Waals surface area contributed by atoms with Crippen LogP contribution in [-0.4, -0.2) is 49.1 Å².